The fraction of sp³-hybridized carbons (Fsp3) is 0.385. The molecule has 0 unspecified atom stereocenters. The molecule has 0 N–H and O–H groups in total. The molecule has 0 aliphatic carbocycles. The molecule has 2 rings (SSSR count). The Bertz CT molecular complexity index is 678. The van der Waals surface area contributed by atoms with Crippen molar-refractivity contribution in [2.75, 3.05) is 5.75 Å². The zero-order valence-corrected chi connectivity index (χ0v) is 13.0. The maximum Gasteiger partial charge on any atom is 0.155 e. The fourth-order valence-corrected chi connectivity index (χ4v) is 3.52. The van der Waals surface area contributed by atoms with E-state index in [2.05, 4.69) is 11.1 Å². The molecule has 7 heteroatoms. The molecule has 20 heavy (non-hydrogen) atoms. The van der Waals surface area contributed by atoms with Crippen LogP contribution in [0.25, 0.3) is 5.65 Å². The van der Waals surface area contributed by atoms with E-state index in [4.69, 9.17) is 28.5 Å². The van der Waals surface area contributed by atoms with Gasteiger partial charge in [-0.15, -0.1) is 0 Å². The molecule has 106 valence electrons. The van der Waals surface area contributed by atoms with Gasteiger partial charge in [-0.05, 0) is 18.9 Å². The van der Waals surface area contributed by atoms with Crippen LogP contribution in [0.4, 0.5) is 0 Å². The maximum absolute atomic E-state index is 11.9. The second-order valence-electron chi connectivity index (χ2n) is 4.37. The monoisotopic (exact) mass is 329 g/mol. The molecular formula is C13H13Cl2N3OS. The summed E-state index contributed by atoms with van der Waals surface area (Å²) < 4.78 is 13.7. The standard InChI is InChI=1S/C13H13Cl2N3OS/c14-10-6-12(15)13-17-11(8-18(13)7-10)9-20(19)5-3-1-2-4-16/h6-8H,1-3,5,9H2/t20-/m1/s1. The lowest BCUT2D eigenvalue weighted by Gasteiger charge is -1.98. The molecule has 0 spiro atoms. The van der Waals surface area contributed by atoms with E-state index < -0.39 is 10.8 Å². The molecule has 1 atom stereocenters. The van der Waals surface area contributed by atoms with Gasteiger partial charge in [0.05, 0.1) is 27.6 Å². The Labute approximate surface area is 129 Å². The summed E-state index contributed by atoms with van der Waals surface area (Å²) in [4.78, 5) is 4.36. The van der Waals surface area contributed by atoms with Crippen LogP contribution in [0.1, 0.15) is 25.0 Å². The zero-order chi connectivity index (χ0) is 14.5. The predicted octanol–water partition coefficient (Wildman–Crippen LogP) is 3.58. The number of rotatable bonds is 6. The first-order chi connectivity index (χ1) is 9.60. The van der Waals surface area contributed by atoms with E-state index in [9.17, 15) is 4.21 Å². The van der Waals surface area contributed by atoms with Gasteiger partial charge in [0.2, 0.25) is 0 Å². The Morgan fingerprint density at radius 3 is 2.90 bits per heavy atom. The Balaban J connectivity index is 2.01. The number of hydrogen-bond donors (Lipinski definition) is 0. The van der Waals surface area contributed by atoms with Crippen molar-refractivity contribution in [1.29, 1.82) is 5.26 Å². The summed E-state index contributed by atoms with van der Waals surface area (Å²) in [6.07, 6.45) is 5.60. The number of aromatic nitrogens is 2. The molecule has 0 bridgehead atoms. The molecule has 0 fully saturated rings. The Hall–Kier alpha value is -1.09. The minimum Gasteiger partial charge on any atom is -0.304 e. The number of imidazole rings is 1. The lowest BCUT2D eigenvalue weighted by molar-refractivity contribution is 0.677. The van der Waals surface area contributed by atoms with Crippen LogP contribution < -0.4 is 0 Å². The summed E-state index contributed by atoms with van der Waals surface area (Å²) in [6.45, 7) is 0. The van der Waals surface area contributed by atoms with Gasteiger partial charge in [0.25, 0.3) is 0 Å². The van der Waals surface area contributed by atoms with Gasteiger partial charge in [0, 0.05) is 35.4 Å². The highest BCUT2D eigenvalue weighted by Crippen LogP contribution is 2.22. The highest BCUT2D eigenvalue weighted by atomic mass is 35.5. The fourth-order valence-electron chi connectivity index (χ4n) is 1.85. The summed E-state index contributed by atoms with van der Waals surface area (Å²) >= 11 is 12.0. The van der Waals surface area contributed by atoms with Gasteiger partial charge in [-0.1, -0.05) is 23.2 Å². The Morgan fingerprint density at radius 1 is 1.35 bits per heavy atom. The molecule has 0 saturated heterocycles. The van der Waals surface area contributed by atoms with Crippen LogP contribution in [-0.2, 0) is 16.6 Å². The second-order valence-corrected chi connectivity index (χ2v) is 6.79. The third kappa shape index (κ3) is 3.95. The Kier molecular flexibility index (Phi) is 5.41. The van der Waals surface area contributed by atoms with Crippen LogP contribution in [-0.4, -0.2) is 19.3 Å². The predicted molar refractivity (Wildman–Crippen MR) is 81.4 cm³/mol. The number of pyridine rings is 1. The van der Waals surface area contributed by atoms with E-state index in [1.165, 1.54) is 0 Å². The van der Waals surface area contributed by atoms with Crippen molar-refractivity contribution in [3.8, 4) is 6.07 Å². The van der Waals surface area contributed by atoms with Gasteiger partial charge in [0.15, 0.2) is 5.65 Å². The van der Waals surface area contributed by atoms with Crippen LogP contribution in [0, 0.1) is 11.3 Å². The van der Waals surface area contributed by atoms with Crippen molar-refractivity contribution in [3.63, 3.8) is 0 Å². The van der Waals surface area contributed by atoms with Crippen molar-refractivity contribution in [1.82, 2.24) is 9.38 Å². The third-order valence-electron chi connectivity index (χ3n) is 2.74. The number of unbranched alkanes of at least 4 members (excludes halogenated alkanes) is 2. The molecule has 2 aromatic rings. The minimum absolute atomic E-state index is 0.391. The third-order valence-corrected chi connectivity index (χ3v) is 4.59. The summed E-state index contributed by atoms with van der Waals surface area (Å²) in [6, 6.07) is 3.71. The van der Waals surface area contributed by atoms with Crippen LogP contribution in [0.15, 0.2) is 18.5 Å². The molecule has 0 saturated carbocycles. The van der Waals surface area contributed by atoms with Crippen molar-refractivity contribution in [3.05, 3.63) is 34.2 Å². The number of fused-ring (bicyclic) bond motifs is 1. The van der Waals surface area contributed by atoms with Gasteiger partial charge in [-0.2, -0.15) is 5.26 Å². The summed E-state index contributed by atoms with van der Waals surface area (Å²) in [5.41, 5.74) is 1.35. The van der Waals surface area contributed by atoms with Gasteiger partial charge in [-0.3, -0.25) is 4.21 Å². The molecule has 0 aliphatic rings. The summed E-state index contributed by atoms with van der Waals surface area (Å²) in [5.74, 6) is 0.978. The first-order valence-corrected chi connectivity index (χ1v) is 8.39. The Morgan fingerprint density at radius 2 is 2.15 bits per heavy atom. The normalized spacial score (nSPS) is 12.4. The molecule has 0 amide bonds. The van der Waals surface area contributed by atoms with E-state index in [1.54, 1.807) is 22.9 Å². The SMILES string of the molecule is N#CCCCC[S@@](=O)Cc1cn2cc(Cl)cc(Cl)c2n1. The van der Waals surface area contributed by atoms with Crippen LogP contribution in [0.5, 0.6) is 0 Å². The molecule has 2 aromatic heterocycles. The molecule has 0 aliphatic heterocycles. The van der Waals surface area contributed by atoms with Crippen molar-refractivity contribution in [2.24, 2.45) is 0 Å². The van der Waals surface area contributed by atoms with E-state index in [0.29, 0.717) is 33.6 Å². The van der Waals surface area contributed by atoms with Gasteiger partial charge < -0.3 is 4.40 Å². The maximum atomic E-state index is 11.9. The average Bonchev–Trinajstić information content (AvgIpc) is 2.77. The number of nitriles is 1. The molecule has 2 heterocycles. The zero-order valence-electron chi connectivity index (χ0n) is 10.7. The first kappa shape index (κ1) is 15.3. The molecule has 0 aromatic carbocycles. The van der Waals surface area contributed by atoms with Crippen molar-refractivity contribution < 1.29 is 4.21 Å². The van der Waals surface area contributed by atoms with Gasteiger partial charge in [-0.25, -0.2) is 4.98 Å². The largest absolute Gasteiger partial charge is 0.304 e. The van der Waals surface area contributed by atoms with E-state index >= 15 is 0 Å². The molecular weight excluding hydrogens is 317 g/mol. The quantitative estimate of drug-likeness (QED) is 0.761. The topological polar surface area (TPSA) is 58.2 Å². The number of nitrogens with zero attached hydrogens (tertiary/aromatic N) is 3. The second kappa shape index (κ2) is 7.07. The van der Waals surface area contributed by atoms with Crippen LogP contribution >= 0.6 is 23.2 Å². The lowest BCUT2D eigenvalue weighted by atomic mass is 10.3. The van der Waals surface area contributed by atoms with E-state index in [0.717, 1.165) is 18.5 Å². The van der Waals surface area contributed by atoms with E-state index in [1.807, 2.05) is 0 Å². The summed E-state index contributed by atoms with van der Waals surface area (Å²) in [5, 5.41) is 9.44. The van der Waals surface area contributed by atoms with Crippen LogP contribution in [0.2, 0.25) is 10.0 Å². The number of halogens is 2. The highest BCUT2D eigenvalue weighted by molar-refractivity contribution is 7.84. The van der Waals surface area contributed by atoms with Gasteiger partial charge >= 0.3 is 0 Å². The highest BCUT2D eigenvalue weighted by Gasteiger charge is 2.09. The van der Waals surface area contributed by atoms with Crippen molar-refractivity contribution in [2.45, 2.75) is 25.0 Å². The lowest BCUT2D eigenvalue weighted by Crippen LogP contribution is -2.01. The smallest absolute Gasteiger partial charge is 0.155 e. The minimum atomic E-state index is -0.974. The molecule has 4 nitrogen and oxygen atoms in total. The van der Waals surface area contributed by atoms with Crippen LogP contribution in [0.3, 0.4) is 0 Å². The first-order valence-electron chi connectivity index (χ1n) is 6.14. The van der Waals surface area contributed by atoms with E-state index in [-0.39, 0.29) is 0 Å². The van der Waals surface area contributed by atoms with Gasteiger partial charge in [0.1, 0.15) is 0 Å². The van der Waals surface area contributed by atoms with Crippen molar-refractivity contribution >= 4 is 39.6 Å². The number of hydrogen-bond acceptors (Lipinski definition) is 3. The molecule has 0 radical (unpaired) electrons. The summed E-state index contributed by atoms with van der Waals surface area (Å²) in [7, 11) is -0.974. The average molecular weight is 330 g/mol.